The third-order valence-electron chi connectivity index (χ3n) is 5.49. The summed E-state index contributed by atoms with van der Waals surface area (Å²) in [4.78, 5) is 12.4. The zero-order valence-electron chi connectivity index (χ0n) is 16.2. The van der Waals surface area contributed by atoms with E-state index in [4.69, 9.17) is 4.74 Å². The lowest BCUT2D eigenvalue weighted by Gasteiger charge is -2.31. The largest absolute Gasteiger partial charge is 0.372 e. The lowest BCUT2D eigenvalue weighted by molar-refractivity contribution is -0.114. The molecule has 2 aromatic rings. The topological polar surface area (TPSA) is 63.7 Å². The van der Waals surface area contributed by atoms with Gasteiger partial charge < -0.3 is 4.74 Å². The van der Waals surface area contributed by atoms with Crippen molar-refractivity contribution in [2.75, 3.05) is 13.1 Å². The number of ketones is 1. The monoisotopic (exact) mass is 411 g/mol. The summed E-state index contributed by atoms with van der Waals surface area (Å²) in [5.41, 5.74) is 1.94. The SMILES string of the molecule is O=C(/C=C/c1ccccc1)CCc1ccc(S(=O)(=O)N2CC3CCC(C2)O3)cc1. The van der Waals surface area contributed by atoms with Gasteiger partial charge >= 0.3 is 0 Å². The van der Waals surface area contributed by atoms with E-state index in [9.17, 15) is 13.2 Å². The van der Waals surface area contributed by atoms with Gasteiger partial charge in [0.1, 0.15) is 0 Å². The maximum absolute atomic E-state index is 12.9. The molecule has 2 unspecified atom stereocenters. The van der Waals surface area contributed by atoms with Crippen molar-refractivity contribution in [1.82, 2.24) is 4.31 Å². The van der Waals surface area contributed by atoms with E-state index in [1.165, 1.54) is 0 Å². The number of aryl methyl sites for hydroxylation is 1. The van der Waals surface area contributed by atoms with Crippen molar-refractivity contribution in [1.29, 1.82) is 0 Å². The van der Waals surface area contributed by atoms with Gasteiger partial charge in [-0.1, -0.05) is 48.5 Å². The van der Waals surface area contributed by atoms with Crippen molar-refractivity contribution in [2.45, 2.75) is 42.8 Å². The molecule has 5 nitrogen and oxygen atoms in total. The maximum Gasteiger partial charge on any atom is 0.243 e. The highest BCUT2D eigenvalue weighted by Gasteiger charge is 2.39. The lowest BCUT2D eigenvalue weighted by Crippen LogP contribution is -2.45. The summed E-state index contributed by atoms with van der Waals surface area (Å²) < 4.78 is 33.1. The maximum atomic E-state index is 12.9. The number of benzene rings is 2. The van der Waals surface area contributed by atoms with Crippen LogP contribution >= 0.6 is 0 Å². The van der Waals surface area contributed by atoms with E-state index in [-0.39, 0.29) is 18.0 Å². The molecule has 0 saturated carbocycles. The van der Waals surface area contributed by atoms with Crippen LogP contribution in [0.5, 0.6) is 0 Å². The first-order valence-electron chi connectivity index (χ1n) is 10.0. The average Bonchev–Trinajstić information content (AvgIpc) is 3.09. The van der Waals surface area contributed by atoms with Crippen molar-refractivity contribution in [3.8, 4) is 0 Å². The van der Waals surface area contributed by atoms with E-state index >= 15 is 0 Å². The Morgan fingerprint density at radius 2 is 1.66 bits per heavy atom. The van der Waals surface area contributed by atoms with Gasteiger partial charge in [0.2, 0.25) is 10.0 Å². The van der Waals surface area contributed by atoms with Gasteiger partial charge in [0.05, 0.1) is 17.1 Å². The van der Waals surface area contributed by atoms with E-state index in [2.05, 4.69) is 0 Å². The molecule has 2 fully saturated rings. The molecule has 2 heterocycles. The average molecular weight is 412 g/mol. The summed E-state index contributed by atoms with van der Waals surface area (Å²) in [5, 5.41) is 0. The molecule has 0 aliphatic carbocycles. The Hall–Kier alpha value is -2.28. The van der Waals surface area contributed by atoms with Gasteiger partial charge in [-0.2, -0.15) is 4.31 Å². The number of hydrogen-bond acceptors (Lipinski definition) is 4. The molecule has 2 aliphatic rings. The number of carbonyl (C=O) groups excluding carboxylic acids is 1. The molecule has 29 heavy (non-hydrogen) atoms. The summed E-state index contributed by atoms with van der Waals surface area (Å²) >= 11 is 0. The number of allylic oxidation sites excluding steroid dienone is 1. The first-order chi connectivity index (χ1) is 14.0. The number of sulfonamides is 1. The number of nitrogens with zero attached hydrogens (tertiary/aromatic N) is 1. The van der Waals surface area contributed by atoms with Crippen LogP contribution in [0.25, 0.3) is 6.08 Å². The molecule has 0 amide bonds. The zero-order valence-corrected chi connectivity index (χ0v) is 17.1. The van der Waals surface area contributed by atoms with Gasteiger partial charge in [-0.15, -0.1) is 0 Å². The number of carbonyl (C=O) groups is 1. The number of rotatable bonds is 7. The van der Waals surface area contributed by atoms with E-state index in [1.54, 1.807) is 34.6 Å². The van der Waals surface area contributed by atoms with Crippen LogP contribution in [0, 0.1) is 0 Å². The normalized spacial score (nSPS) is 22.2. The molecule has 6 heteroatoms. The third kappa shape index (κ3) is 4.83. The van der Waals surface area contributed by atoms with E-state index < -0.39 is 10.0 Å². The molecule has 4 rings (SSSR count). The highest BCUT2D eigenvalue weighted by Crippen LogP contribution is 2.30. The predicted molar refractivity (Wildman–Crippen MR) is 112 cm³/mol. The Morgan fingerprint density at radius 3 is 2.31 bits per heavy atom. The fourth-order valence-corrected chi connectivity index (χ4v) is 5.36. The minimum absolute atomic E-state index is 0.0257. The van der Waals surface area contributed by atoms with Crippen LogP contribution in [0.4, 0.5) is 0 Å². The van der Waals surface area contributed by atoms with Gasteiger partial charge in [0, 0.05) is 19.5 Å². The third-order valence-corrected chi connectivity index (χ3v) is 7.34. The van der Waals surface area contributed by atoms with E-state index in [0.29, 0.717) is 30.8 Å². The van der Waals surface area contributed by atoms with Crippen LogP contribution in [-0.4, -0.2) is 43.8 Å². The fourth-order valence-electron chi connectivity index (χ4n) is 3.86. The molecule has 2 aliphatic heterocycles. The second kappa shape index (κ2) is 8.61. The lowest BCUT2D eigenvalue weighted by atomic mass is 10.1. The number of ether oxygens (including phenoxy) is 1. The van der Waals surface area contributed by atoms with Crippen molar-refractivity contribution < 1.29 is 17.9 Å². The van der Waals surface area contributed by atoms with E-state index in [1.807, 2.05) is 36.4 Å². The van der Waals surface area contributed by atoms with Crippen LogP contribution < -0.4 is 0 Å². The van der Waals surface area contributed by atoms with Crippen LogP contribution in [-0.2, 0) is 26.0 Å². The molecule has 2 atom stereocenters. The Kier molecular flexibility index (Phi) is 5.94. The van der Waals surface area contributed by atoms with Crippen molar-refractivity contribution in [2.24, 2.45) is 0 Å². The fraction of sp³-hybridized carbons (Fsp3) is 0.348. The Bertz CT molecular complexity index is 971. The summed E-state index contributed by atoms with van der Waals surface area (Å²) in [7, 11) is -3.50. The van der Waals surface area contributed by atoms with Crippen LogP contribution in [0.15, 0.2) is 65.6 Å². The molecule has 2 bridgehead atoms. The van der Waals surface area contributed by atoms with Gasteiger partial charge in [0.15, 0.2) is 5.78 Å². The predicted octanol–water partition coefficient (Wildman–Crippen LogP) is 3.45. The number of fused-ring (bicyclic) bond motifs is 2. The van der Waals surface area contributed by atoms with Gasteiger partial charge in [-0.25, -0.2) is 8.42 Å². The standard InChI is InChI=1S/C23H25NO4S/c25-20(10-6-18-4-2-1-3-5-18)11-7-19-8-14-23(15-9-19)29(26,27)24-16-21-12-13-22(17-24)28-21/h1-6,8-10,14-15,21-22H,7,11-13,16-17H2/b10-6+. The quantitative estimate of drug-likeness (QED) is 0.655. The minimum Gasteiger partial charge on any atom is -0.372 e. The molecule has 0 radical (unpaired) electrons. The first kappa shape index (κ1) is 20.0. The smallest absolute Gasteiger partial charge is 0.243 e. The molecular weight excluding hydrogens is 386 g/mol. The first-order valence-corrected chi connectivity index (χ1v) is 11.5. The summed E-state index contributed by atoms with van der Waals surface area (Å²) in [6.45, 7) is 0.867. The van der Waals surface area contributed by atoms with Crippen LogP contribution in [0.2, 0.25) is 0 Å². The second-order valence-corrected chi connectivity index (χ2v) is 9.57. The molecule has 0 spiro atoms. The molecular formula is C23H25NO4S. The highest BCUT2D eigenvalue weighted by molar-refractivity contribution is 7.89. The van der Waals surface area contributed by atoms with Gasteiger partial charge in [-0.05, 0) is 48.6 Å². The second-order valence-electron chi connectivity index (χ2n) is 7.63. The number of morpholine rings is 1. The highest BCUT2D eigenvalue weighted by atomic mass is 32.2. The van der Waals surface area contributed by atoms with Gasteiger partial charge in [0.25, 0.3) is 0 Å². The Labute approximate surface area is 172 Å². The van der Waals surface area contributed by atoms with E-state index in [0.717, 1.165) is 24.0 Å². The van der Waals surface area contributed by atoms with Crippen molar-refractivity contribution in [3.63, 3.8) is 0 Å². The number of hydrogen-bond donors (Lipinski definition) is 0. The zero-order chi connectivity index (χ0) is 20.3. The van der Waals surface area contributed by atoms with Crippen LogP contribution in [0.1, 0.15) is 30.4 Å². The summed E-state index contributed by atoms with van der Waals surface area (Å²) in [6, 6.07) is 16.6. The van der Waals surface area contributed by atoms with Crippen molar-refractivity contribution in [3.05, 3.63) is 71.8 Å². The molecule has 2 aromatic carbocycles. The summed E-state index contributed by atoms with van der Waals surface area (Å²) in [6.07, 6.45) is 6.30. The minimum atomic E-state index is -3.50. The van der Waals surface area contributed by atoms with Crippen molar-refractivity contribution >= 4 is 21.9 Å². The molecule has 2 saturated heterocycles. The molecule has 152 valence electrons. The Balaban J connectivity index is 1.34. The van der Waals surface area contributed by atoms with Crippen LogP contribution in [0.3, 0.4) is 0 Å². The Morgan fingerprint density at radius 1 is 1.00 bits per heavy atom. The summed E-state index contributed by atoms with van der Waals surface area (Å²) in [5.74, 6) is 0.0503. The van der Waals surface area contributed by atoms with Gasteiger partial charge in [-0.3, -0.25) is 4.79 Å². The molecule has 0 N–H and O–H groups in total. The molecule has 0 aromatic heterocycles.